The van der Waals surface area contributed by atoms with Crippen LogP contribution in [0.5, 0.6) is 0 Å². The van der Waals surface area contributed by atoms with Gasteiger partial charge in [-0.3, -0.25) is 0 Å². The molecule has 1 rings (SSSR count). The molecule has 0 aromatic rings. The van der Waals surface area contributed by atoms with E-state index in [1.165, 1.54) is 0 Å². The number of rotatable bonds is 0. The number of carbonyl (C=O) groups is 1. The lowest BCUT2D eigenvalue weighted by atomic mass is 10.00. The third kappa shape index (κ3) is 0.759. The van der Waals surface area contributed by atoms with Gasteiger partial charge < -0.3 is 4.74 Å². The molecule has 1 fully saturated rings. The summed E-state index contributed by atoms with van der Waals surface area (Å²) in [6.07, 6.45) is -0.581. The van der Waals surface area contributed by atoms with E-state index in [1.807, 2.05) is 20.8 Å². The van der Waals surface area contributed by atoms with E-state index in [-0.39, 0.29) is 11.6 Å². The molecule has 0 aromatic heterocycles. The first kappa shape index (κ1) is 7.34. The van der Waals surface area contributed by atoms with Crippen LogP contribution < -0.4 is 5.84 Å². The molecule has 1 unspecified atom stereocenters. The van der Waals surface area contributed by atoms with Gasteiger partial charge in [-0.1, -0.05) is 0 Å². The third-order valence-electron chi connectivity index (χ3n) is 2.09. The topological polar surface area (TPSA) is 55.6 Å². The number of carbonyl (C=O) groups excluding carboxylic acids is 1. The molecule has 1 heterocycles. The van der Waals surface area contributed by atoms with Crippen molar-refractivity contribution in [2.45, 2.75) is 32.4 Å². The van der Waals surface area contributed by atoms with Crippen molar-refractivity contribution in [3.05, 3.63) is 0 Å². The summed E-state index contributed by atoms with van der Waals surface area (Å²) in [5.74, 6) is 5.41. The lowest BCUT2D eigenvalue weighted by Crippen LogP contribution is -2.49. The fourth-order valence-electron chi connectivity index (χ4n) is 0.783. The van der Waals surface area contributed by atoms with Crippen LogP contribution in [0.25, 0.3) is 0 Å². The lowest BCUT2D eigenvalue weighted by molar-refractivity contribution is 0.128. The average molecular weight is 144 g/mol. The van der Waals surface area contributed by atoms with Gasteiger partial charge in [0.2, 0.25) is 0 Å². The number of cyclic esters (lactones) is 1. The van der Waals surface area contributed by atoms with Crippen LogP contribution in [0, 0.1) is 0 Å². The lowest BCUT2D eigenvalue weighted by Gasteiger charge is -2.25. The predicted molar refractivity (Wildman–Crippen MR) is 36.0 cm³/mol. The fraction of sp³-hybridized carbons (Fsp3) is 0.833. The Kier molecular flexibility index (Phi) is 1.36. The highest BCUT2D eigenvalue weighted by atomic mass is 16.6. The largest absolute Gasteiger partial charge is 0.443 e. The smallest absolute Gasteiger partial charge is 0.425 e. The molecule has 10 heavy (non-hydrogen) atoms. The highest BCUT2D eigenvalue weighted by molar-refractivity contribution is 5.70. The molecule has 1 aliphatic rings. The van der Waals surface area contributed by atoms with Gasteiger partial charge in [-0.05, 0) is 20.8 Å². The minimum atomic E-state index is -0.447. The van der Waals surface area contributed by atoms with Gasteiger partial charge in [0.15, 0.2) is 0 Å². The van der Waals surface area contributed by atoms with Gasteiger partial charge in [-0.2, -0.15) is 0 Å². The van der Waals surface area contributed by atoms with Gasteiger partial charge in [-0.15, -0.1) is 0 Å². The maximum atomic E-state index is 10.8. The zero-order chi connectivity index (χ0) is 7.94. The van der Waals surface area contributed by atoms with Crippen molar-refractivity contribution in [1.82, 2.24) is 5.01 Å². The molecule has 4 heteroatoms. The van der Waals surface area contributed by atoms with Crippen LogP contribution in [0.1, 0.15) is 20.8 Å². The molecule has 1 aliphatic heterocycles. The van der Waals surface area contributed by atoms with Gasteiger partial charge in [0.25, 0.3) is 0 Å². The van der Waals surface area contributed by atoms with Gasteiger partial charge >= 0.3 is 6.09 Å². The van der Waals surface area contributed by atoms with Gasteiger partial charge in [-0.25, -0.2) is 15.6 Å². The second kappa shape index (κ2) is 1.85. The van der Waals surface area contributed by atoms with Gasteiger partial charge in [0.05, 0.1) is 5.54 Å². The second-order valence-electron chi connectivity index (χ2n) is 3.05. The molecule has 4 nitrogen and oxygen atoms in total. The Balaban J connectivity index is 2.85. The molecule has 0 spiro atoms. The van der Waals surface area contributed by atoms with Crippen LogP contribution in [0.2, 0.25) is 0 Å². The second-order valence-corrected chi connectivity index (χ2v) is 3.05. The van der Waals surface area contributed by atoms with Crippen molar-refractivity contribution in [3.8, 4) is 0 Å². The molecule has 1 saturated heterocycles. The summed E-state index contributed by atoms with van der Waals surface area (Å²) in [5.41, 5.74) is -0.378. The maximum absolute atomic E-state index is 10.8. The fourth-order valence-corrected chi connectivity index (χ4v) is 0.783. The number of nitrogens with two attached hydrogens (primary N) is 1. The van der Waals surface area contributed by atoms with E-state index in [2.05, 4.69) is 0 Å². The minimum absolute atomic E-state index is 0.134. The van der Waals surface area contributed by atoms with Crippen LogP contribution in [0.15, 0.2) is 0 Å². The maximum Gasteiger partial charge on any atom is 0.425 e. The van der Waals surface area contributed by atoms with Crippen molar-refractivity contribution >= 4 is 6.09 Å². The first-order chi connectivity index (χ1) is 4.46. The Labute approximate surface area is 59.9 Å². The summed E-state index contributed by atoms with van der Waals surface area (Å²) in [6, 6.07) is 0. The van der Waals surface area contributed by atoms with Crippen molar-refractivity contribution in [2.24, 2.45) is 5.84 Å². The summed E-state index contributed by atoms with van der Waals surface area (Å²) in [6.45, 7) is 5.55. The van der Waals surface area contributed by atoms with Crippen LogP contribution in [0.4, 0.5) is 4.79 Å². The standard InChI is InChI=1S/C6H12N2O2/c1-4-6(2,3)8(7)5(9)10-4/h4H,7H2,1-3H3. The zero-order valence-corrected chi connectivity index (χ0v) is 6.42. The molecule has 58 valence electrons. The zero-order valence-electron chi connectivity index (χ0n) is 6.42. The third-order valence-corrected chi connectivity index (χ3v) is 2.09. The molecular formula is C6H12N2O2. The van der Waals surface area contributed by atoms with E-state index in [0.717, 1.165) is 5.01 Å². The summed E-state index contributed by atoms with van der Waals surface area (Å²) in [4.78, 5) is 10.8. The molecule has 1 amide bonds. The number of amides is 1. The Morgan fingerprint density at radius 3 is 2.30 bits per heavy atom. The van der Waals surface area contributed by atoms with E-state index in [1.54, 1.807) is 0 Å². The van der Waals surface area contributed by atoms with Crippen molar-refractivity contribution < 1.29 is 9.53 Å². The van der Waals surface area contributed by atoms with Crippen molar-refractivity contribution in [1.29, 1.82) is 0 Å². The molecule has 0 saturated carbocycles. The number of ether oxygens (including phenoxy) is 1. The molecule has 0 bridgehead atoms. The molecule has 0 radical (unpaired) electrons. The number of hydrogen-bond donors (Lipinski definition) is 1. The van der Waals surface area contributed by atoms with Crippen LogP contribution in [-0.2, 0) is 4.74 Å². The summed E-state index contributed by atoms with van der Waals surface area (Å²) >= 11 is 0. The van der Waals surface area contributed by atoms with Gasteiger partial charge in [0, 0.05) is 0 Å². The van der Waals surface area contributed by atoms with Crippen LogP contribution in [0.3, 0.4) is 0 Å². The Hall–Kier alpha value is -0.770. The Morgan fingerprint density at radius 1 is 1.70 bits per heavy atom. The van der Waals surface area contributed by atoms with Crippen molar-refractivity contribution in [3.63, 3.8) is 0 Å². The number of hydrazine groups is 1. The quantitative estimate of drug-likeness (QED) is 0.397. The van der Waals surface area contributed by atoms with E-state index < -0.39 is 6.09 Å². The predicted octanol–water partition coefficient (Wildman–Crippen LogP) is 0.479. The Bertz CT molecular complexity index is 167. The molecule has 1 atom stereocenters. The Morgan fingerprint density at radius 2 is 2.20 bits per heavy atom. The van der Waals surface area contributed by atoms with Crippen LogP contribution >= 0.6 is 0 Å². The summed E-state index contributed by atoms with van der Waals surface area (Å²) in [5, 5.41) is 1.12. The van der Waals surface area contributed by atoms with E-state index in [0.29, 0.717) is 0 Å². The van der Waals surface area contributed by atoms with E-state index in [4.69, 9.17) is 10.6 Å². The molecule has 0 aromatic carbocycles. The van der Waals surface area contributed by atoms with E-state index in [9.17, 15) is 4.79 Å². The summed E-state index contributed by atoms with van der Waals surface area (Å²) in [7, 11) is 0. The first-order valence-corrected chi connectivity index (χ1v) is 3.22. The SMILES string of the molecule is CC1OC(=O)N(N)C1(C)C. The first-order valence-electron chi connectivity index (χ1n) is 3.22. The highest BCUT2D eigenvalue weighted by Gasteiger charge is 2.44. The normalized spacial score (nSPS) is 30.6. The number of hydrogen-bond acceptors (Lipinski definition) is 3. The minimum Gasteiger partial charge on any atom is -0.443 e. The average Bonchev–Trinajstić information content (AvgIpc) is 1.97. The molecular weight excluding hydrogens is 132 g/mol. The van der Waals surface area contributed by atoms with Crippen LogP contribution in [-0.4, -0.2) is 22.7 Å². The van der Waals surface area contributed by atoms with Gasteiger partial charge in [0.1, 0.15) is 6.10 Å². The molecule has 2 N–H and O–H groups in total. The number of nitrogens with zero attached hydrogens (tertiary/aromatic N) is 1. The van der Waals surface area contributed by atoms with E-state index >= 15 is 0 Å². The summed E-state index contributed by atoms with van der Waals surface area (Å²) < 4.78 is 4.85. The van der Waals surface area contributed by atoms with Crippen molar-refractivity contribution in [2.75, 3.05) is 0 Å². The highest BCUT2D eigenvalue weighted by Crippen LogP contribution is 2.25. The molecule has 0 aliphatic carbocycles. The monoisotopic (exact) mass is 144 g/mol.